The molecule has 3 rings (SSSR count). The Hall–Kier alpha value is -2.63. The quantitative estimate of drug-likeness (QED) is 0.799. The second kappa shape index (κ2) is 8.65. The first kappa shape index (κ1) is 18.2. The third-order valence-electron chi connectivity index (χ3n) is 4.65. The fraction of sp³-hybridized carbons (Fsp3) is 0.450. The van der Waals surface area contributed by atoms with Crippen LogP contribution in [0.5, 0.6) is 5.75 Å². The van der Waals surface area contributed by atoms with Crippen molar-refractivity contribution in [2.45, 2.75) is 32.7 Å². The van der Waals surface area contributed by atoms with Crippen LogP contribution in [0.2, 0.25) is 0 Å². The maximum Gasteiger partial charge on any atom is 0.274 e. The summed E-state index contributed by atoms with van der Waals surface area (Å²) in [5.74, 6) is 1.23. The van der Waals surface area contributed by atoms with Gasteiger partial charge in [-0.3, -0.25) is 9.59 Å². The van der Waals surface area contributed by atoms with Gasteiger partial charge < -0.3 is 9.64 Å². The Bertz CT molecular complexity index is 780. The molecule has 2 heterocycles. The minimum absolute atomic E-state index is 0.0997. The summed E-state index contributed by atoms with van der Waals surface area (Å²) >= 11 is 0. The van der Waals surface area contributed by atoms with Crippen molar-refractivity contribution in [2.24, 2.45) is 5.92 Å². The zero-order valence-corrected chi connectivity index (χ0v) is 15.1. The minimum Gasteiger partial charge on any atom is -0.493 e. The summed E-state index contributed by atoms with van der Waals surface area (Å²) in [6, 6.07) is 12.8. The maximum atomic E-state index is 12.7. The van der Waals surface area contributed by atoms with Crippen LogP contribution >= 0.6 is 0 Å². The molecule has 0 atom stereocenters. The van der Waals surface area contributed by atoms with Gasteiger partial charge in [0.1, 0.15) is 11.4 Å². The molecule has 1 amide bonds. The SMILES string of the molecule is CCCn1nc(C(=O)N2CCC(COc3ccccc3)CC2)ccc1=O. The molecule has 0 aliphatic carbocycles. The zero-order chi connectivity index (χ0) is 18.4. The van der Waals surface area contributed by atoms with E-state index in [0.717, 1.165) is 25.0 Å². The molecule has 0 saturated carbocycles. The normalized spacial score (nSPS) is 15.0. The van der Waals surface area contributed by atoms with Crippen molar-refractivity contribution in [1.29, 1.82) is 0 Å². The van der Waals surface area contributed by atoms with E-state index >= 15 is 0 Å². The first-order chi connectivity index (χ1) is 12.7. The molecule has 0 N–H and O–H groups in total. The van der Waals surface area contributed by atoms with Gasteiger partial charge in [0.15, 0.2) is 0 Å². The summed E-state index contributed by atoms with van der Waals surface area (Å²) in [6.45, 7) is 4.56. The van der Waals surface area contributed by atoms with E-state index in [1.165, 1.54) is 16.8 Å². The largest absolute Gasteiger partial charge is 0.493 e. The smallest absolute Gasteiger partial charge is 0.274 e. The average Bonchev–Trinajstić information content (AvgIpc) is 2.69. The summed E-state index contributed by atoms with van der Waals surface area (Å²) < 4.78 is 7.20. The van der Waals surface area contributed by atoms with Crippen LogP contribution in [0.3, 0.4) is 0 Å². The lowest BCUT2D eigenvalue weighted by atomic mass is 9.97. The van der Waals surface area contributed by atoms with E-state index in [1.54, 1.807) is 0 Å². The second-order valence-electron chi connectivity index (χ2n) is 6.64. The fourth-order valence-corrected chi connectivity index (χ4v) is 3.13. The number of hydrogen-bond acceptors (Lipinski definition) is 4. The number of para-hydroxylation sites is 1. The van der Waals surface area contributed by atoms with E-state index in [0.29, 0.717) is 37.9 Å². The average molecular weight is 355 g/mol. The highest BCUT2D eigenvalue weighted by molar-refractivity contribution is 5.92. The van der Waals surface area contributed by atoms with Crippen molar-refractivity contribution in [2.75, 3.05) is 19.7 Å². The summed E-state index contributed by atoms with van der Waals surface area (Å²) in [4.78, 5) is 26.2. The van der Waals surface area contributed by atoms with Gasteiger partial charge in [-0.1, -0.05) is 25.1 Å². The lowest BCUT2D eigenvalue weighted by molar-refractivity contribution is 0.0652. The van der Waals surface area contributed by atoms with Gasteiger partial charge in [-0.15, -0.1) is 0 Å². The van der Waals surface area contributed by atoms with E-state index < -0.39 is 0 Å². The number of ether oxygens (including phenoxy) is 1. The molecule has 1 aliphatic rings. The van der Waals surface area contributed by atoms with Gasteiger partial charge in [0.25, 0.3) is 11.5 Å². The molecule has 1 saturated heterocycles. The van der Waals surface area contributed by atoms with Gasteiger partial charge >= 0.3 is 0 Å². The molecule has 6 nitrogen and oxygen atoms in total. The molecule has 0 radical (unpaired) electrons. The monoisotopic (exact) mass is 355 g/mol. The van der Waals surface area contributed by atoms with Gasteiger partial charge in [0, 0.05) is 25.7 Å². The van der Waals surface area contributed by atoms with E-state index in [-0.39, 0.29) is 11.5 Å². The Morgan fingerprint density at radius 1 is 1.15 bits per heavy atom. The van der Waals surface area contributed by atoms with E-state index in [1.807, 2.05) is 42.2 Å². The number of benzene rings is 1. The first-order valence-corrected chi connectivity index (χ1v) is 9.22. The first-order valence-electron chi connectivity index (χ1n) is 9.22. The summed E-state index contributed by atoms with van der Waals surface area (Å²) in [6.07, 6.45) is 2.62. The third-order valence-corrected chi connectivity index (χ3v) is 4.65. The number of amides is 1. The number of likely N-dealkylation sites (tertiary alicyclic amines) is 1. The van der Waals surface area contributed by atoms with E-state index in [9.17, 15) is 9.59 Å². The number of piperidine rings is 1. The van der Waals surface area contributed by atoms with Crippen LogP contribution in [0.25, 0.3) is 0 Å². The van der Waals surface area contributed by atoms with Gasteiger partial charge in [-0.2, -0.15) is 5.10 Å². The van der Waals surface area contributed by atoms with Crippen LogP contribution in [0.15, 0.2) is 47.3 Å². The second-order valence-corrected chi connectivity index (χ2v) is 6.64. The van der Waals surface area contributed by atoms with E-state index in [4.69, 9.17) is 4.74 Å². The third kappa shape index (κ3) is 4.50. The van der Waals surface area contributed by atoms with Crippen molar-refractivity contribution >= 4 is 5.91 Å². The molecular weight excluding hydrogens is 330 g/mol. The summed E-state index contributed by atoms with van der Waals surface area (Å²) in [5, 5.41) is 4.22. The van der Waals surface area contributed by atoms with Crippen molar-refractivity contribution in [3.63, 3.8) is 0 Å². The highest BCUT2D eigenvalue weighted by Crippen LogP contribution is 2.20. The van der Waals surface area contributed by atoms with E-state index in [2.05, 4.69) is 5.10 Å². The molecule has 0 spiro atoms. The van der Waals surface area contributed by atoms with Gasteiger partial charge in [0.05, 0.1) is 6.61 Å². The Kier molecular flexibility index (Phi) is 6.04. The Balaban J connectivity index is 1.53. The maximum absolute atomic E-state index is 12.7. The van der Waals surface area contributed by atoms with Crippen LogP contribution in [0, 0.1) is 5.92 Å². The van der Waals surface area contributed by atoms with Crippen molar-refractivity contribution in [3.05, 3.63) is 58.5 Å². The molecule has 1 fully saturated rings. The molecule has 1 aromatic carbocycles. The lowest BCUT2D eigenvalue weighted by Gasteiger charge is -2.31. The Morgan fingerprint density at radius 2 is 1.88 bits per heavy atom. The van der Waals surface area contributed by atoms with Gasteiger partial charge in [-0.25, -0.2) is 4.68 Å². The van der Waals surface area contributed by atoms with Crippen LogP contribution in [0.4, 0.5) is 0 Å². The summed E-state index contributed by atoms with van der Waals surface area (Å²) in [7, 11) is 0. The molecule has 0 bridgehead atoms. The molecule has 6 heteroatoms. The molecule has 1 aromatic heterocycles. The molecule has 1 aliphatic heterocycles. The number of rotatable bonds is 6. The summed E-state index contributed by atoms with van der Waals surface area (Å²) in [5.41, 5.74) is 0.178. The van der Waals surface area contributed by atoms with Crippen molar-refractivity contribution in [1.82, 2.24) is 14.7 Å². The van der Waals surface area contributed by atoms with Crippen LogP contribution in [-0.2, 0) is 6.54 Å². The number of carbonyl (C=O) groups is 1. The minimum atomic E-state index is -0.167. The van der Waals surface area contributed by atoms with Crippen LogP contribution in [-0.4, -0.2) is 40.3 Å². The lowest BCUT2D eigenvalue weighted by Crippen LogP contribution is -2.40. The van der Waals surface area contributed by atoms with Crippen LogP contribution in [0.1, 0.15) is 36.7 Å². The molecule has 138 valence electrons. The Labute approximate surface area is 153 Å². The standard InChI is InChI=1S/C20H25N3O3/c1-2-12-23-19(24)9-8-18(21-23)20(25)22-13-10-16(11-14-22)15-26-17-6-4-3-5-7-17/h3-9,16H,2,10-15H2,1H3. The highest BCUT2D eigenvalue weighted by atomic mass is 16.5. The van der Waals surface area contributed by atoms with Gasteiger partial charge in [0.2, 0.25) is 0 Å². The van der Waals surface area contributed by atoms with Crippen LogP contribution < -0.4 is 10.3 Å². The number of aryl methyl sites for hydroxylation is 1. The predicted octanol–water partition coefficient (Wildman–Crippen LogP) is 2.58. The number of carbonyl (C=O) groups excluding carboxylic acids is 1. The van der Waals surface area contributed by atoms with Crippen molar-refractivity contribution < 1.29 is 9.53 Å². The topological polar surface area (TPSA) is 64.4 Å². The number of nitrogens with zero attached hydrogens (tertiary/aromatic N) is 3. The van der Waals surface area contributed by atoms with Crippen molar-refractivity contribution in [3.8, 4) is 5.75 Å². The molecule has 2 aromatic rings. The predicted molar refractivity (Wildman–Crippen MR) is 99.4 cm³/mol. The number of aromatic nitrogens is 2. The number of hydrogen-bond donors (Lipinski definition) is 0. The van der Waals surface area contributed by atoms with Gasteiger partial charge in [-0.05, 0) is 43.4 Å². The molecular formula is C20H25N3O3. The fourth-order valence-electron chi connectivity index (χ4n) is 3.13. The highest BCUT2D eigenvalue weighted by Gasteiger charge is 2.25. The zero-order valence-electron chi connectivity index (χ0n) is 15.1. The molecule has 26 heavy (non-hydrogen) atoms. The Morgan fingerprint density at radius 3 is 2.58 bits per heavy atom. The molecule has 0 unspecified atom stereocenters.